The molecule has 0 aliphatic carbocycles. The van der Waals surface area contributed by atoms with Gasteiger partial charge in [0.1, 0.15) is 13.2 Å². The third kappa shape index (κ3) is 65.0. The zero-order valence-electron chi connectivity index (χ0n) is 53.2. The lowest BCUT2D eigenvalue weighted by Crippen LogP contribution is -2.30. The molecule has 0 aromatic carbocycles. The number of unbranched alkanes of at least 4 members (excludes halogenated alkanes) is 54. The van der Waals surface area contributed by atoms with Crippen molar-refractivity contribution in [3.8, 4) is 0 Å². The highest BCUT2D eigenvalue weighted by Gasteiger charge is 2.19. The highest BCUT2D eigenvalue weighted by molar-refractivity contribution is 5.71. The SMILES string of the molecule is CCCCCCCCCC/C=C\CCCCCCCCCCCCCC(=O)OC(COC(=O)CCCCCCCC)COC(=O)CCCCCCCCCCCCCCCCCCCCCCCCCCCCCCCCC. The zero-order valence-corrected chi connectivity index (χ0v) is 53.2. The fourth-order valence-corrected chi connectivity index (χ4v) is 11.2. The molecule has 0 bridgehead atoms. The van der Waals surface area contributed by atoms with Crippen LogP contribution in [-0.4, -0.2) is 37.2 Å². The topological polar surface area (TPSA) is 78.9 Å². The Morgan fingerprint density at radius 1 is 0.244 bits per heavy atom. The van der Waals surface area contributed by atoms with Crippen LogP contribution in [0, 0.1) is 0 Å². The minimum Gasteiger partial charge on any atom is -0.462 e. The van der Waals surface area contributed by atoms with Gasteiger partial charge >= 0.3 is 17.9 Å². The molecule has 0 aromatic heterocycles. The number of hydrogen-bond acceptors (Lipinski definition) is 6. The Labute approximate surface area is 488 Å². The summed E-state index contributed by atoms with van der Waals surface area (Å²) in [6.45, 7) is 6.66. The number of esters is 3. The molecule has 6 nitrogen and oxygen atoms in total. The summed E-state index contributed by atoms with van der Waals surface area (Å²) in [4.78, 5) is 38.1. The Morgan fingerprint density at radius 2 is 0.423 bits per heavy atom. The van der Waals surface area contributed by atoms with Gasteiger partial charge in [-0.3, -0.25) is 14.4 Å². The molecule has 0 aliphatic heterocycles. The van der Waals surface area contributed by atoms with Gasteiger partial charge in [0, 0.05) is 19.3 Å². The monoisotopic (exact) mass is 1100 g/mol. The van der Waals surface area contributed by atoms with Gasteiger partial charge in [0.15, 0.2) is 6.10 Å². The lowest BCUT2D eigenvalue weighted by atomic mass is 10.0. The maximum absolute atomic E-state index is 12.9. The van der Waals surface area contributed by atoms with E-state index in [0.29, 0.717) is 19.3 Å². The average Bonchev–Trinajstić information content (AvgIpc) is 3.44. The second-order valence-corrected chi connectivity index (χ2v) is 24.5. The Bertz CT molecular complexity index is 1210. The standard InChI is InChI=1S/C72H138O6/c1-4-7-10-13-16-18-20-22-24-26-28-30-32-33-34-35-36-37-38-39-41-42-44-46-48-50-52-54-56-59-62-65-71(74)77-68-69(67-76-70(73)64-61-58-15-12-9-6-3)78-72(75)66-63-60-57-55-53-51-49-47-45-43-40-31-29-27-25-23-21-19-17-14-11-8-5-2/h27,29,69H,4-26,28,30-68H2,1-3H3/b29-27-. The van der Waals surface area contributed by atoms with Crippen molar-refractivity contribution in [2.24, 2.45) is 0 Å². The molecule has 0 N–H and O–H groups in total. The van der Waals surface area contributed by atoms with E-state index >= 15 is 0 Å². The summed E-state index contributed by atoms with van der Waals surface area (Å²) in [6.07, 6.45) is 81.6. The molecule has 0 aromatic rings. The van der Waals surface area contributed by atoms with Crippen LogP contribution in [-0.2, 0) is 28.6 Å². The van der Waals surface area contributed by atoms with Gasteiger partial charge in [-0.15, -0.1) is 0 Å². The van der Waals surface area contributed by atoms with Crippen LogP contribution in [0.3, 0.4) is 0 Å². The Hall–Kier alpha value is -1.85. The quantitative estimate of drug-likeness (QED) is 0.0261. The molecule has 0 fully saturated rings. The van der Waals surface area contributed by atoms with Crippen LogP contribution in [0.15, 0.2) is 12.2 Å². The second-order valence-electron chi connectivity index (χ2n) is 24.5. The van der Waals surface area contributed by atoms with Gasteiger partial charge in [-0.05, 0) is 44.9 Å². The third-order valence-electron chi connectivity index (χ3n) is 16.5. The van der Waals surface area contributed by atoms with Gasteiger partial charge in [0.25, 0.3) is 0 Å². The average molecular weight is 1100 g/mol. The Balaban J connectivity index is 3.93. The molecular formula is C72H138O6. The van der Waals surface area contributed by atoms with Gasteiger partial charge in [-0.2, -0.15) is 0 Å². The number of allylic oxidation sites excluding steroid dienone is 2. The largest absolute Gasteiger partial charge is 0.462 e. The summed E-state index contributed by atoms with van der Waals surface area (Å²) in [5.41, 5.74) is 0. The lowest BCUT2D eigenvalue weighted by Gasteiger charge is -2.18. The first kappa shape index (κ1) is 76.1. The number of carbonyl (C=O) groups is 3. The molecule has 0 rings (SSSR count). The van der Waals surface area contributed by atoms with Crippen LogP contribution in [0.25, 0.3) is 0 Å². The summed E-state index contributed by atoms with van der Waals surface area (Å²) in [5, 5.41) is 0. The van der Waals surface area contributed by atoms with Gasteiger partial charge < -0.3 is 14.2 Å². The Kier molecular flexibility index (Phi) is 66.0. The van der Waals surface area contributed by atoms with Crippen LogP contribution in [0.5, 0.6) is 0 Å². The minimum atomic E-state index is -0.765. The highest BCUT2D eigenvalue weighted by Crippen LogP contribution is 2.19. The van der Waals surface area contributed by atoms with E-state index in [1.165, 1.54) is 315 Å². The van der Waals surface area contributed by atoms with E-state index in [9.17, 15) is 14.4 Å². The number of carbonyl (C=O) groups excluding carboxylic acids is 3. The molecule has 0 radical (unpaired) electrons. The van der Waals surface area contributed by atoms with Crippen molar-refractivity contribution in [2.45, 2.75) is 419 Å². The normalized spacial score (nSPS) is 12.0. The second kappa shape index (κ2) is 67.7. The van der Waals surface area contributed by atoms with E-state index in [4.69, 9.17) is 14.2 Å². The summed E-state index contributed by atoms with van der Waals surface area (Å²) in [6, 6.07) is 0. The first-order chi connectivity index (χ1) is 38.5. The summed E-state index contributed by atoms with van der Waals surface area (Å²) in [5.74, 6) is -0.846. The predicted octanol–water partition coefficient (Wildman–Crippen LogP) is 24.4. The molecule has 0 saturated heterocycles. The molecule has 462 valence electrons. The van der Waals surface area contributed by atoms with Crippen molar-refractivity contribution >= 4 is 17.9 Å². The maximum Gasteiger partial charge on any atom is 0.306 e. The van der Waals surface area contributed by atoms with Crippen molar-refractivity contribution in [2.75, 3.05) is 13.2 Å². The van der Waals surface area contributed by atoms with Crippen molar-refractivity contribution in [3.63, 3.8) is 0 Å². The van der Waals surface area contributed by atoms with Crippen LogP contribution in [0.2, 0.25) is 0 Å². The molecule has 6 heteroatoms. The van der Waals surface area contributed by atoms with Crippen LogP contribution in [0.4, 0.5) is 0 Å². The summed E-state index contributed by atoms with van der Waals surface area (Å²) >= 11 is 0. The van der Waals surface area contributed by atoms with E-state index in [0.717, 1.165) is 57.8 Å². The maximum atomic E-state index is 12.9. The van der Waals surface area contributed by atoms with Gasteiger partial charge in [0.05, 0.1) is 0 Å². The Morgan fingerprint density at radius 3 is 0.641 bits per heavy atom. The molecule has 0 aliphatic rings. The zero-order chi connectivity index (χ0) is 56.4. The van der Waals surface area contributed by atoms with Gasteiger partial charge in [-0.1, -0.05) is 360 Å². The van der Waals surface area contributed by atoms with E-state index in [2.05, 4.69) is 32.9 Å². The summed E-state index contributed by atoms with van der Waals surface area (Å²) in [7, 11) is 0. The smallest absolute Gasteiger partial charge is 0.306 e. The number of hydrogen-bond donors (Lipinski definition) is 0. The van der Waals surface area contributed by atoms with E-state index < -0.39 is 6.10 Å². The van der Waals surface area contributed by atoms with Crippen molar-refractivity contribution in [3.05, 3.63) is 12.2 Å². The highest BCUT2D eigenvalue weighted by atomic mass is 16.6. The van der Waals surface area contributed by atoms with Crippen LogP contribution in [0.1, 0.15) is 412 Å². The van der Waals surface area contributed by atoms with Crippen LogP contribution >= 0.6 is 0 Å². The van der Waals surface area contributed by atoms with Crippen molar-refractivity contribution in [1.29, 1.82) is 0 Å². The van der Waals surface area contributed by atoms with Crippen molar-refractivity contribution < 1.29 is 28.6 Å². The van der Waals surface area contributed by atoms with E-state index in [-0.39, 0.29) is 31.1 Å². The van der Waals surface area contributed by atoms with E-state index in [1.54, 1.807) is 0 Å². The minimum absolute atomic E-state index is 0.0646. The molecule has 1 atom stereocenters. The molecule has 0 saturated carbocycles. The van der Waals surface area contributed by atoms with Gasteiger partial charge in [-0.25, -0.2) is 0 Å². The number of rotatable bonds is 67. The summed E-state index contributed by atoms with van der Waals surface area (Å²) < 4.78 is 16.9. The first-order valence-electron chi connectivity index (χ1n) is 35.7. The molecule has 0 heterocycles. The lowest BCUT2D eigenvalue weighted by molar-refractivity contribution is -0.167. The molecular weight excluding hydrogens is 961 g/mol. The van der Waals surface area contributed by atoms with Crippen molar-refractivity contribution in [1.82, 2.24) is 0 Å². The molecule has 0 amide bonds. The molecule has 0 spiro atoms. The number of ether oxygens (including phenoxy) is 3. The first-order valence-corrected chi connectivity index (χ1v) is 35.7. The van der Waals surface area contributed by atoms with Gasteiger partial charge in [0.2, 0.25) is 0 Å². The van der Waals surface area contributed by atoms with Crippen LogP contribution < -0.4 is 0 Å². The fourth-order valence-electron chi connectivity index (χ4n) is 11.2. The molecule has 1 unspecified atom stereocenters. The van der Waals surface area contributed by atoms with E-state index in [1.807, 2.05) is 0 Å². The third-order valence-corrected chi connectivity index (χ3v) is 16.5. The fraction of sp³-hybridized carbons (Fsp3) is 0.931. The predicted molar refractivity (Wildman–Crippen MR) is 340 cm³/mol. The molecule has 78 heavy (non-hydrogen) atoms.